The zero-order chi connectivity index (χ0) is 37.0. The van der Waals surface area contributed by atoms with Gasteiger partial charge >= 0.3 is 0 Å². The van der Waals surface area contributed by atoms with Crippen LogP contribution in [-0.4, -0.2) is 4.57 Å². The van der Waals surface area contributed by atoms with Gasteiger partial charge in [0.05, 0.1) is 22.1 Å². The number of para-hydroxylation sites is 2. The minimum absolute atomic E-state index is 0.452. The highest BCUT2D eigenvalue weighted by Gasteiger charge is 2.50. The third-order valence-electron chi connectivity index (χ3n) is 12.0. The van der Waals surface area contributed by atoms with E-state index in [1.807, 2.05) is 29.2 Å². The van der Waals surface area contributed by atoms with Crippen LogP contribution in [0.5, 0.6) is 0 Å². The second-order valence-corrected chi connectivity index (χ2v) is 17.0. The van der Waals surface area contributed by atoms with E-state index in [2.05, 4.69) is 193 Å². The van der Waals surface area contributed by atoms with Crippen molar-refractivity contribution < 1.29 is 0 Å². The number of rotatable bonds is 4. The summed E-state index contributed by atoms with van der Waals surface area (Å²) in [5, 5.41) is 5.10. The molecule has 0 unspecified atom stereocenters. The molecule has 3 heterocycles. The van der Waals surface area contributed by atoms with E-state index in [0.29, 0.717) is 0 Å². The van der Waals surface area contributed by atoms with Crippen molar-refractivity contribution in [3.05, 3.63) is 228 Å². The Morgan fingerprint density at radius 1 is 0.500 bits per heavy atom. The predicted molar refractivity (Wildman–Crippen MR) is 239 cm³/mol. The smallest absolute Gasteiger partial charge is 0.0736 e. The van der Waals surface area contributed by atoms with Crippen molar-refractivity contribution in [1.82, 2.24) is 4.57 Å². The van der Waals surface area contributed by atoms with Crippen molar-refractivity contribution in [2.24, 2.45) is 0 Å². The van der Waals surface area contributed by atoms with Crippen molar-refractivity contribution in [2.75, 3.05) is 0 Å². The molecule has 0 radical (unpaired) electrons. The van der Waals surface area contributed by atoms with Gasteiger partial charge in [0.2, 0.25) is 0 Å². The molecule has 262 valence electrons. The minimum Gasteiger partial charge on any atom is -0.309 e. The highest BCUT2D eigenvalue weighted by Crippen LogP contribution is 2.62. The highest BCUT2D eigenvalue weighted by molar-refractivity contribution is 7.99. The molecule has 0 bridgehead atoms. The normalized spacial score (nSPS) is 14.0. The van der Waals surface area contributed by atoms with Crippen molar-refractivity contribution in [3.8, 4) is 16.8 Å². The van der Waals surface area contributed by atoms with Crippen LogP contribution in [0, 0.1) is 0 Å². The van der Waals surface area contributed by atoms with Crippen LogP contribution >= 0.6 is 23.1 Å². The quantitative estimate of drug-likeness (QED) is 0.162. The van der Waals surface area contributed by atoms with Crippen LogP contribution in [0.4, 0.5) is 0 Å². The van der Waals surface area contributed by atoms with Crippen molar-refractivity contribution in [2.45, 2.75) is 15.2 Å². The maximum absolute atomic E-state index is 4.21. The largest absolute Gasteiger partial charge is 0.309 e. The number of benzene rings is 8. The van der Waals surface area contributed by atoms with Crippen LogP contribution in [0.3, 0.4) is 0 Å². The van der Waals surface area contributed by atoms with Gasteiger partial charge in [-0.2, -0.15) is 0 Å². The van der Waals surface area contributed by atoms with E-state index in [-0.39, 0.29) is 0 Å². The lowest BCUT2D eigenvalue weighted by atomic mass is 9.67. The molecule has 3 heteroatoms. The van der Waals surface area contributed by atoms with Gasteiger partial charge in [-0.1, -0.05) is 152 Å². The lowest BCUT2D eigenvalue weighted by molar-refractivity contribution is 0.723. The zero-order valence-corrected chi connectivity index (χ0v) is 32.0. The van der Waals surface area contributed by atoms with Crippen LogP contribution in [0.1, 0.15) is 33.4 Å². The first-order valence-corrected chi connectivity index (χ1v) is 20.8. The number of hydrogen-bond donors (Lipinski definition) is 0. The predicted octanol–water partition coefficient (Wildman–Crippen LogP) is 14.6. The molecule has 1 nitrogen and oxygen atoms in total. The maximum Gasteiger partial charge on any atom is 0.0736 e. The van der Waals surface area contributed by atoms with E-state index >= 15 is 0 Å². The Balaban J connectivity index is 1.16. The van der Waals surface area contributed by atoms with Crippen molar-refractivity contribution in [1.29, 1.82) is 0 Å². The summed E-state index contributed by atoms with van der Waals surface area (Å²) in [5.74, 6) is 0. The Morgan fingerprint density at radius 3 is 1.98 bits per heavy atom. The second-order valence-electron chi connectivity index (χ2n) is 14.8. The average molecular weight is 748 g/mol. The lowest BCUT2D eigenvalue weighted by Crippen LogP contribution is -2.31. The number of thiophene rings is 1. The van der Waals surface area contributed by atoms with Crippen LogP contribution in [0.25, 0.3) is 64.4 Å². The van der Waals surface area contributed by atoms with Gasteiger partial charge in [-0.25, -0.2) is 0 Å². The fourth-order valence-electron chi connectivity index (χ4n) is 9.82. The molecule has 56 heavy (non-hydrogen) atoms. The SMILES string of the molecule is C=C/C=C(/c1ccc2sc3ccccc3c2c1)c1ccccc1-n1c2ccccc2c2cc3c(cc21)C1(c2ccccc2Sc2ccccc21)c1ccccc1-3. The fourth-order valence-corrected chi connectivity index (χ4v) is 12.1. The van der Waals surface area contributed by atoms with Gasteiger partial charge in [0.15, 0.2) is 0 Å². The molecule has 8 aromatic carbocycles. The molecule has 1 aliphatic carbocycles. The molecule has 0 saturated carbocycles. The highest BCUT2D eigenvalue weighted by atomic mass is 32.2. The zero-order valence-electron chi connectivity index (χ0n) is 30.4. The first kappa shape index (κ1) is 31.9. The Morgan fingerprint density at radius 2 is 1.16 bits per heavy atom. The van der Waals surface area contributed by atoms with Gasteiger partial charge in [-0.05, 0) is 99.1 Å². The van der Waals surface area contributed by atoms with Crippen LogP contribution < -0.4 is 0 Å². The monoisotopic (exact) mass is 747 g/mol. The molecule has 2 aromatic heterocycles. The third kappa shape index (κ3) is 4.27. The van der Waals surface area contributed by atoms with Gasteiger partial charge < -0.3 is 4.57 Å². The summed E-state index contributed by atoms with van der Waals surface area (Å²) in [6.45, 7) is 4.21. The number of nitrogens with zero attached hydrogens (tertiary/aromatic N) is 1. The van der Waals surface area contributed by atoms with Gasteiger partial charge in [0.1, 0.15) is 0 Å². The Kier molecular flexibility index (Phi) is 6.87. The van der Waals surface area contributed by atoms with Gasteiger partial charge in [0, 0.05) is 46.3 Å². The van der Waals surface area contributed by atoms with Crippen LogP contribution in [0.2, 0.25) is 0 Å². The topological polar surface area (TPSA) is 4.93 Å². The summed E-state index contributed by atoms with van der Waals surface area (Å²) in [5.41, 5.74) is 14.6. The summed E-state index contributed by atoms with van der Waals surface area (Å²) in [4.78, 5) is 2.63. The summed E-state index contributed by atoms with van der Waals surface area (Å²) >= 11 is 3.75. The Hall–Kier alpha value is -6.39. The number of fused-ring (bicyclic) bond motifs is 15. The fraction of sp³-hybridized carbons (Fsp3) is 0.0189. The summed E-state index contributed by atoms with van der Waals surface area (Å²) in [6.07, 6.45) is 4.11. The van der Waals surface area contributed by atoms with Crippen LogP contribution in [0.15, 0.2) is 204 Å². The molecule has 10 aromatic rings. The molecule has 0 atom stereocenters. The third-order valence-corrected chi connectivity index (χ3v) is 14.4. The van der Waals surface area contributed by atoms with E-state index in [4.69, 9.17) is 0 Å². The number of allylic oxidation sites excluding steroid dienone is 2. The Bertz CT molecular complexity index is 3270. The van der Waals surface area contributed by atoms with Gasteiger partial charge in [0.25, 0.3) is 0 Å². The molecule has 12 rings (SSSR count). The standard InChI is InChI=1S/C53H33NS2/c1-2-15-34(33-28-29-50-41(30-33)38-19-6-12-25-49(38)55-50)36-17-4-10-23-46(36)54-47-24-11-5-18-37(47)40-31-39-35-16-3-7-20-42(35)53(45(39)32-48(40)54)43-21-8-13-26-51(43)56-52-27-14-9-22-44(52)53/h2-32H,1H2/b34-15-. The number of hydrogen-bond acceptors (Lipinski definition) is 2. The summed E-state index contributed by atoms with van der Waals surface area (Å²) < 4.78 is 5.13. The van der Waals surface area contributed by atoms with E-state index in [0.717, 1.165) is 16.8 Å². The maximum atomic E-state index is 4.21. The molecule has 0 amide bonds. The summed E-state index contributed by atoms with van der Waals surface area (Å²) in [7, 11) is 0. The molecule has 2 aliphatic rings. The van der Waals surface area contributed by atoms with E-state index in [9.17, 15) is 0 Å². The van der Waals surface area contributed by atoms with Crippen molar-refractivity contribution in [3.63, 3.8) is 0 Å². The second kappa shape index (κ2) is 12.1. The van der Waals surface area contributed by atoms with E-state index < -0.39 is 5.41 Å². The molecule has 0 N–H and O–H groups in total. The Labute approximate surface area is 333 Å². The first-order chi connectivity index (χ1) is 27.7. The van der Waals surface area contributed by atoms with Crippen molar-refractivity contribution >= 4 is 70.6 Å². The molecular formula is C53H33NS2. The molecule has 1 spiro atoms. The van der Waals surface area contributed by atoms with Crippen LogP contribution in [-0.2, 0) is 5.41 Å². The van der Waals surface area contributed by atoms with E-state index in [1.54, 1.807) is 0 Å². The number of aromatic nitrogens is 1. The first-order valence-electron chi connectivity index (χ1n) is 19.1. The molecule has 1 aliphatic heterocycles. The summed E-state index contributed by atoms with van der Waals surface area (Å²) in [6, 6.07) is 65.7. The van der Waals surface area contributed by atoms with Gasteiger partial charge in [-0.3, -0.25) is 0 Å². The minimum atomic E-state index is -0.452. The molecular weight excluding hydrogens is 715 g/mol. The average Bonchev–Trinajstić information content (AvgIpc) is 3.88. The van der Waals surface area contributed by atoms with Gasteiger partial charge in [-0.15, -0.1) is 11.3 Å². The molecule has 0 fully saturated rings. The van der Waals surface area contributed by atoms with E-state index in [1.165, 1.54) is 90.7 Å². The lowest BCUT2D eigenvalue weighted by Gasteiger charge is -2.39. The molecule has 0 saturated heterocycles.